The summed E-state index contributed by atoms with van der Waals surface area (Å²) in [7, 11) is -3.93. The molecule has 1 N–H and O–H groups in total. The van der Waals surface area contributed by atoms with Crippen molar-refractivity contribution in [2.75, 3.05) is 13.1 Å². The number of ether oxygens (including phenoxy) is 1. The van der Waals surface area contributed by atoms with E-state index in [-0.39, 0.29) is 24.4 Å². The molecule has 1 aliphatic rings. The van der Waals surface area contributed by atoms with Crippen LogP contribution in [0.15, 0.2) is 29.2 Å². The van der Waals surface area contributed by atoms with Crippen LogP contribution in [0.4, 0.5) is 13.2 Å². The zero-order valence-electron chi connectivity index (χ0n) is 11.1. The summed E-state index contributed by atoms with van der Waals surface area (Å²) in [5.41, 5.74) is 0. The molecule has 22 heavy (non-hydrogen) atoms. The van der Waals surface area contributed by atoms with Crippen molar-refractivity contribution in [1.82, 2.24) is 4.31 Å². The van der Waals surface area contributed by atoms with Crippen molar-refractivity contribution in [3.05, 3.63) is 24.3 Å². The highest BCUT2D eigenvalue weighted by Gasteiger charge is 2.36. The van der Waals surface area contributed by atoms with Gasteiger partial charge in [0.25, 0.3) is 0 Å². The number of carboxylic acids is 1. The highest BCUT2D eigenvalue weighted by atomic mass is 32.2. The number of sulfonamides is 1. The molecule has 0 saturated carbocycles. The fraction of sp³-hybridized carbons (Fsp3) is 0.417. The summed E-state index contributed by atoms with van der Waals surface area (Å²) >= 11 is 0. The van der Waals surface area contributed by atoms with Crippen LogP contribution in [-0.2, 0) is 14.8 Å². The van der Waals surface area contributed by atoms with E-state index in [9.17, 15) is 26.4 Å². The summed E-state index contributed by atoms with van der Waals surface area (Å²) in [4.78, 5) is 10.6. The molecule has 1 heterocycles. The van der Waals surface area contributed by atoms with Gasteiger partial charge in [-0.15, -0.1) is 13.2 Å². The van der Waals surface area contributed by atoms with Crippen molar-refractivity contribution in [3.63, 3.8) is 0 Å². The number of alkyl halides is 3. The molecule has 0 radical (unpaired) electrons. The van der Waals surface area contributed by atoms with Crippen LogP contribution in [0.5, 0.6) is 5.75 Å². The molecule has 0 spiro atoms. The zero-order chi connectivity index (χ0) is 16.5. The Hall–Kier alpha value is -1.81. The van der Waals surface area contributed by atoms with Crippen LogP contribution in [-0.4, -0.2) is 43.3 Å². The number of hydrogen-bond acceptors (Lipinski definition) is 4. The van der Waals surface area contributed by atoms with Crippen LogP contribution < -0.4 is 4.74 Å². The molecule has 0 unspecified atom stereocenters. The third kappa shape index (κ3) is 3.69. The first-order chi connectivity index (χ1) is 10.1. The third-order valence-corrected chi connectivity index (χ3v) is 5.07. The van der Waals surface area contributed by atoms with Crippen molar-refractivity contribution in [3.8, 4) is 5.75 Å². The van der Waals surface area contributed by atoms with E-state index in [1.807, 2.05) is 0 Å². The van der Waals surface area contributed by atoms with Gasteiger partial charge in [-0.2, -0.15) is 4.31 Å². The fourth-order valence-electron chi connectivity index (χ4n) is 2.11. The molecular weight excluding hydrogens is 327 g/mol. The van der Waals surface area contributed by atoms with E-state index in [0.717, 1.165) is 28.6 Å². The molecule has 1 atom stereocenters. The van der Waals surface area contributed by atoms with Gasteiger partial charge < -0.3 is 9.84 Å². The Morgan fingerprint density at radius 3 is 2.32 bits per heavy atom. The minimum absolute atomic E-state index is 0.0557. The molecule has 122 valence electrons. The van der Waals surface area contributed by atoms with Gasteiger partial charge in [0.2, 0.25) is 10.0 Å². The maximum atomic E-state index is 12.3. The van der Waals surface area contributed by atoms with Crippen LogP contribution in [0.25, 0.3) is 0 Å². The first kappa shape index (κ1) is 16.6. The topological polar surface area (TPSA) is 83.9 Å². The number of benzene rings is 1. The van der Waals surface area contributed by atoms with E-state index in [1.165, 1.54) is 0 Å². The van der Waals surface area contributed by atoms with Gasteiger partial charge in [0.1, 0.15) is 5.75 Å². The molecule has 0 amide bonds. The summed E-state index contributed by atoms with van der Waals surface area (Å²) in [6.07, 6.45) is -4.66. The SMILES string of the molecule is O=C(O)[C@@H]1CCN(S(=O)(=O)c2ccc(OC(F)(F)F)cc2)C1. The van der Waals surface area contributed by atoms with Crippen molar-refractivity contribution >= 4 is 16.0 Å². The average molecular weight is 339 g/mol. The van der Waals surface area contributed by atoms with Crippen molar-refractivity contribution in [2.45, 2.75) is 17.7 Å². The molecule has 0 aliphatic carbocycles. The number of aliphatic carboxylic acids is 1. The van der Waals surface area contributed by atoms with Gasteiger partial charge in [-0.05, 0) is 30.7 Å². The minimum Gasteiger partial charge on any atom is -0.481 e. The largest absolute Gasteiger partial charge is 0.573 e. The van der Waals surface area contributed by atoms with E-state index < -0.39 is 34.0 Å². The van der Waals surface area contributed by atoms with Gasteiger partial charge in [0.15, 0.2) is 0 Å². The number of carbonyl (C=O) groups is 1. The van der Waals surface area contributed by atoms with Crippen LogP contribution in [0.3, 0.4) is 0 Å². The summed E-state index contributed by atoms with van der Waals surface area (Å²) < 4.78 is 65.3. The number of carboxylic acid groups (broad SMARTS) is 1. The lowest BCUT2D eigenvalue weighted by atomic mass is 10.1. The molecule has 1 aromatic carbocycles. The van der Waals surface area contributed by atoms with Gasteiger partial charge in [-0.1, -0.05) is 0 Å². The molecule has 1 saturated heterocycles. The normalized spacial score (nSPS) is 20.0. The summed E-state index contributed by atoms with van der Waals surface area (Å²) in [5.74, 6) is -2.38. The van der Waals surface area contributed by atoms with E-state index >= 15 is 0 Å². The van der Waals surface area contributed by atoms with Crippen molar-refractivity contribution < 1.29 is 36.2 Å². The van der Waals surface area contributed by atoms with E-state index in [4.69, 9.17) is 5.11 Å². The van der Waals surface area contributed by atoms with E-state index in [0.29, 0.717) is 0 Å². The Bertz CT molecular complexity index is 656. The quantitative estimate of drug-likeness (QED) is 0.902. The lowest BCUT2D eigenvalue weighted by Gasteiger charge is -2.16. The monoisotopic (exact) mass is 339 g/mol. The van der Waals surface area contributed by atoms with Crippen LogP contribution in [0, 0.1) is 5.92 Å². The maximum Gasteiger partial charge on any atom is 0.573 e. The Morgan fingerprint density at radius 1 is 1.27 bits per heavy atom. The number of nitrogens with zero attached hydrogens (tertiary/aromatic N) is 1. The second-order valence-corrected chi connectivity index (χ2v) is 6.64. The van der Waals surface area contributed by atoms with Crippen LogP contribution >= 0.6 is 0 Å². The maximum absolute atomic E-state index is 12.3. The summed E-state index contributed by atoms with van der Waals surface area (Å²) in [5, 5.41) is 8.87. The lowest BCUT2D eigenvalue weighted by molar-refractivity contribution is -0.274. The predicted molar refractivity (Wildman–Crippen MR) is 67.6 cm³/mol. The van der Waals surface area contributed by atoms with Gasteiger partial charge in [0, 0.05) is 13.1 Å². The zero-order valence-corrected chi connectivity index (χ0v) is 11.9. The number of rotatable bonds is 4. The smallest absolute Gasteiger partial charge is 0.481 e. The molecule has 2 rings (SSSR count). The van der Waals surface area contributed by atoms with E-state index in [1.54, 1.807) is 0 Å². The molecule has 6 nitrogen and oxygen atoms in total. The second kappa shape index (κ2) is 5.76. The fourth-order valence-corrected chi connectivity index (χ4v) is 3.61. The molecule has 1 fully saturated rings. The van der Waals surface area contributed by atoms with Crippen LogP contribution in [0.1, 0.15) is 6.42 Å². The second-order valence-electron chi connectivity index (χ2n) is 4.71. The van der Waals surface area contributed by atoms with Gasteiger partial charge in [0.05, 0.1) is 10.8 Å². The van der Waals surface area contributed by atoms with Crippen molar-refractivity contribution in [1.29, 1.82) is 0 Å². The van der Waals surface area contributed by atoms with Crippen molar-refractivity contribution in [2.24, 2.45) is 5.92 Å². The van der Waals surface area contributed by atoms with Gasteiger partial charge >= 0.3 is 12.3 Å². The highest BCUT2D eigenvalue weighted by Crippen LogP contribution is 2.27. The number of hydrogen-bond donors (Lipinski definition) is 1. The molecule has 1 aliphatic heterocycles. The molecule has 1 aromatic rings. The first-order valence-electron chi connectivity index (χ1n) is 6.18. The lowest BCUT2D eigenvalue weighted by Crippen LogP contribution is -2.30. The van der Waals surface area contributed by atoms with Gasteiger partial charge in [-0.3, -0.25) is 4.79 Å². The molecule has 0 aromatic heterocycles. The first-order valence-corrected chi connectivity index (χ1v) is 7.62. The highest BCUT2D eigenvalue weighted by molar-refractivity contribution is 7.89. The molecule has 0 bridgehead atoms. The van der Waals surface area contributed by atoms with Crippen LogP contribution in [0.2, 0.25) is 0 Å². The molecule has 10 heteroatoms. The Labute approximate surface area is 124 Å². The summed E-state index contributed by atoms with van der Waals surface area (Å²) in [6.45, 7) is -0.0986. The third-order valence-electron chi connectivity index (χ3n) is 3.20. The summed E-state index contributed by atoms with van der Waals surface area (Å²) in [6, 6.07) is 3.77. The Balaban J connectivity index is 2.15. The Morgan fingerprint density at radius 2 is 1.86 bits per heavy atom. The standard InChI is InChI=1S/C12H12F3NO5S/c13-12(14,15)21-9-1-3-10(4-2-9)22(19,20)16-6-5-8(7-16)11(17)18/h1-4,8H,5-7H2,(H,17,18)/t8-/m1/s1. The molecular formula is C12H12F3NO5S. The van der Waals surface area contributed by atoms with Gasteiger partial charge in [-0.25, -0.2) is 8.42 Å². The minimum atomic E-state index is -4.86. The van der Waals surface area contributed by atoms with E-state index in [2.05, 4.69) is 4.74 Å². The number of halogens is 3. The Kier molecular flexibility index (Phi) is 4.34. The average Bonchev–Trinajstić information content (AvgIpc) is 2.87. The predicted octanol–water partition coefficient (Wildman–Crippen LogP) is 1.68.